The Bertz CT molecular complexity index is 813. The van der Waals surface area contributed by atoms with Gasteiger partial charge in [0.05, 0.1) is 36.7 Å². The van der Waals surface area contributed by atoms with Gasteiger partial charge in [-0.15, -0.1) is 0 Å². The zero-order chi connectivity index (χ0) is 15.6. The lowest BCUT2D eigenvalue weighted by molar-refractivity contribution is -0.0144. The second-order valence-electron chi connectivity index (χ2n) is 6.06. The molecule has 0 amide bonds. The van der Waals surface area contributed by atoms with Crippen LogP contribution in [0.3, 0.4) is 0 Å². The van der Waals surface area contributed by atoms with Gasteiger partial charge < -0.3 is 4.74 Å². The molecule has 1 fully saturated rings. The number of benzene rings is 1. The van der Waals surface area contributed by atoms with Gasteiger partial charge in [0.15, 0.2) is 0 Å². The van der Waals surface area contributed by atoms with Gasteiger partial charge in [0, 0.05) is 24.7 Å². The molecule has 1 aromatic carbocycles. The third-order valence-electron chi connectivity index (χ3n) is 4.49. The quantitative estimate of drug-likeness (QED) is 0.808. The highest BCUT2D eigenvalue weighted by Gasteiger charge is 2.27. The SMILES string of the molecule is Cc1cn[nH]c1C1COCCN1Cc1ccc2ncccc2c1. The van der Waals surface area contributed by atoms with Crippen LogP contribution in [-0.2, 0) is 11.3 Å². The van der Waals surface area contributed by atoms with Crippen molar-refractivity contribution in [1.82, 2.24) is 20.1 Å². The number of aromatic amines is 1. The second-order valence-corrected chi connectivity index (χ2v) is 6.06. The summed E-state index contributed by atoms with van der Waals surface area (Å²) < 4.78 is 5.70. The van der Waals surface area contributed by atoms with Crippen LogP contribution in [-0.4, -0.2) is 39.8 Å². The van der Waals surface area contributed by atoms with E-state index in [2.05, 4.69) is 51.3 Å². The predicted octanol–water partition coefficient (Wildman–Crippen LogP) is 2.84. The van der Waals surface area contributed by atoms with Gasteiger partial charge in [0.2, 0.25) is 0 Å². The maximum Gasteiger partial charge on any atom is 0.0758 e. The summed E-state index contributed by atoms with van der Waals surface area (Å²) in [6.07, 6.45) is 3.71. The molecule has 1 saturated heterocycles. The third kappa shape index (κ3) is 2.85. The summed E-state index contributed by atoms with van der Waals surface area (Å²) in [5.41, 5.74) is 4.69. The number of morpholine rings is 1. The van der Waals surface area contributed by atoms with Crippen LogP contribution in [0.2, 0.25) is 0 Å². The van der Waals surface area contributed by atoms with E-state index >= 15 is 0 Å². The zero-order valence-corrected chi connectivity index (χ0v) is 13.2. The standard InChI is InChI=1S/C18H20N4O/c1-13-10-20-21-18(13)17-12-23-8-7-22(17)11-14-4-5-16-15(9-14)3-2-6-19-16/h2-6,9-10,17H,7-8,11-12H2,1H3,(H,20,21). The van der Waals surface area contributed by atoms with Crippen molar-refractivity contribution < 1.29 is 4.74 Å². The molecular weight excluding hydrogens is 288 g/mol. The normalized spacial score (nSPS) is 19.3. The van der Waals surface area contributed by atoms with Gasteiger partial charge in [-0.2, -0.15) is 5.10 Å². The van der Waals surface area contributed by atoms with Crippen LogP contribution >= 0.6 is 0 Å². The molecule has 5 heteroatoms. The molecule has 118 valence electrons. The van der Waals surface area contributed by atoms with Gasteiger partial charge in [-0.05, 0) is 36.2 Å². The highest BCUT2D eigenvalue weighted by atomic mass is 16.5. The molecule has 1 aliphatic rings. The van der Waals surface area contributed by atoms with E-state index < -0.39 is 0 Å². The molecule has 3 aromatic rings. The molecule has 1 unspecified atom stereocenters. The van der Waals surface area contributed by atoms with Gasteiger partial charge in [-0.3, -0.25) is 15.0 Å². The summed E-state index contributed by atoms with van der Waals surface area (Å²) in [7, 11) is 0. The van der Waals surface area contributed by atoms with Crippen molar-refractivity contribution in [3.8, 4) is 0 Å². The van der Waals surface area contributed by atoms with Gasteiger partial charge in [0.1, 0.15) is 0 Å². The van der Waals surface area contributed by atoms with Crippen molar-refractivity contribution in [2.45, 2.75) is 19.5 Å². The lowest BCUT2D eigenvalue weighted by Gasteiger charge is -2.35. The first-order valence-electron chi connectivity index (χ1n) is 7.96. The van der Waals surface area contributed by atoms with Crippen LogP contribution < -0.4 is 0 Å². The molecule has 1 N–H and O–H groups in total. The Kier molecular flexibility index (Phi) is 3.81. The monoisotopic (exact) mass is 308 g/mol. The maximum absolute atomic E-state index is 5.70. The number of hydrogen-bond acceptors (Lipinski definition) is 4. The van der Waals surface area contributed by atoms with E-state index in [4.69, 9.17) is 4.74 Å². The molecular formula is C18H20N4O. The highest BCUT2D eigenvalue weighted by Crippen LogP contribution is 2.27. The number of aromatic nitrogens is 3. The highest BCUT2D eigenvalue weighted by molar-refractivity contribution is 5.78. The first-order chi connectivity index (χ1) is 11.3. The largest absolute Gasteiger partial charge is 0.378 e. The molecule has 0 aliphatic carbocycles. The Labute approximate surface area is 135 Å². The number of aryl methyl sites for hydroxylation is 1. The minimum Gasteiger partial charge on any atom is -0.378 e. The van der Waals surface area contributed by atoms with Crippen LogP contribution in [0.25, 0.3) is 10.9 Å². The second kappa shape index (κ2) is 6.10. The van der Waals surface area contributed by atoms with Crippen LogP contribution in [0.4, 0.5) is 0 Å². The predicted molar refractivity (Wildman–Crippen MR) is 89.0 cm³/mol. The first-order valence-corrected chi connectivity index (χ1v) is 7.96. The van der Waals surface area contributed by atoms with E-state index in [1.807, 2.05) is 18.5 Å². The Balaban J connectivity index is 1.61. The molecule has 0 bridgehead atoms. The minimum atomic E-state index is 0.232. The molecule has 0 saturated carbocycles. The number of rotatable bonds is 3. The van der Waals surface area contributed by atoms with Crippen LogP contribution in [0.5, 0.6) is 0 Å². The molecule has 1 atom stereocenters. The van der Waals surface area contributed by atoms with Crippen molar-refractivity contribution >= 4 is 10.9 Å². The van der Waals surface area contributed by atoms with Crippen molar-refractivity contribution in [2.75, 3.05) is 19.8 Å². The smallest absolute Gasteiger partial charge is 0.0758 e. The number of nitrogens with zero attached hydrogens (tertiary/aromatic N) is 3. The van der Waals surface area contributed by atoms with Crippen LogP contribution in [0.15, 0.2) is 42.7 Å². The summed E-state index contributed by atoms with van der Waals surface area (Å²) in [6.45, 7) is 5.40. The molecule has 23 heavy (non-hydrogen) atoms. The number of H-pyrrole nitrogens is 1. The molecule has 1 aliphatic heterocycles. The third-order valence-corrected chi connectivity index (χ3v) is 4.49. The van der Waals surface area contributed by atoms with Gasteiger partial charge in [-0.25, -0.2) is 0 Å². The lowest BCUT2D eigenvalue weighted by atomic mass is 10.1. The average Bonchev–Trinajstić information content (AvgIpc) is 3.01. The number of hydrogen-bond donors (Lipinski definition) is 1. The summed E-state index contributed by atoms with van der Waals surface area (Å²) >= 11 is 0. The number of fused-ring (bicyclic) bond motifs is 1. The average molecular weight is 308 g/mol. The van der Waals surface area contributed by atoms with Gasteiger partial charge in [-0.1, -0.05) is 12.1 Å². The first kappa shape index (κ1) is 14.4. The molecule has 0 radical (unpaired) electrons. The molecule has 2 aromatic heterocycles. The zero-order valence-electron chi connectivity index (χ0n) is 13.2. The van der Waals surface area contributed by atoms with Crippen molar-refractivity contribution in [1.29, 1.82) is 0 Å². The summed E-state index contributed by atoms with van der Waals surface area (Å²) in [5, 5.41) is 8.49. The summed E-state index contributed by atoms with van der Waals surface area (Å²) in [5.74, 6) is 0. The van der Waals surface area contributed by atoms with Crippen LogP contribution in [0.1, 0.15) is 22.9 Å². The summed E-state index contributed by atoms with van der Waals surface area (Å²) in [6, 6.07) is 10.8. The molecule has 3 heterocycles. The molecule has 0 spiro atoms. The fourth-order valence-electron chi connectivity index (χ4n) is 3.24. The number of ether oxygens (including phenoxy) is 1. The van der Waals surface area contributed by atoms with Crippen molar-refractivity contribution in [2.24, 2.45) is 0 Å². The van der Waals surface area contributed by atoms with E-state index in [1.54, 1.807) is 0 Å². The Morgan fingerprint density at radius 1 is 1.35 bits per heavy atom. The van der Waals surface area contributed by atoms with E-state index in [-0.39, 0.29) is 6.04 Å². The fourth-order valence-corrected chi connectivity index (χ4v) is 3.24. The molecule has 5 nitrogen and oxygen atoms in total. The Hall–Kier alpha value is -2.24. The van der Waals surface area contributed by atoms with Gasteiger partial charge in [0.25, 0.3) is 0 Å². The topological polar surface area (TPSA) is 54.0 Å². The Morgan fingerprint density at radius 3 is 3.17 bits per heavy atom. The minimum absolute atomic E-state index is 0.232. The Morgan fingerprint density at radius 2 is 2.30 bits per heavy atom. The van der Waals surface area contributed by atoms with E-state index in [0.717, 1.165) is 30.9 Å². The maximum atomic E-state index is 5.70. The van der Waals surface area contributed by atoms with E-state index in [1.165, 1.54) is 16.5 Å². The van der Waals surface area contributed by atoms with Gasteiger partial charge >= 0.3 is 0 Å². The van der Waals surface area contributed by atoms with E-state index in [0.29, 0.717) is 6.61 Å². The lowest BCUT2D eigenvalue weighted by Crippen LogP contribution is -2.39. The summed E-state index contributed by atoms with van der Waals surface area (Å²) in [4.78, 5) is 6.85. The van der Waals surface area contributed by atoms with Crippen molar-refractivity contribution in [3.05, 3.63) is 59.5 Å². The van der Waals surface area contributed by atoms with Crippen molar-refractivity contribution in [3.63, 3.8) is 0 Å². The van der Waals surface area contributed by atoms with E-state index in [9.17, 15) is 0 Å². The fraction of sp³-hybridized carbons (Fsp3) is 0.333. The van der Waals surface area contributed by atoms with Crippen LogP contribution in [0, 0.1) is 6.92 Å². The number of nitrogens with one attached hydrogen (secondary N) is 1. The molecule has 4 rings (SSSR count). The number of pyridine rings is 1.